The molecule has 1 aliphatic carbocycles. The fourth-order valence-corrected chi connectivity index (χ4v) is 3.15. The lowest BCUT2D eigenvalue weighted by Gasteiger charge is -2.35. The van der Waals surface area contributed by atoms with Crippen molar-refractivity contribution in [2.24, 2.45) is 17.6 Å². The predicted octanol–water partition coefficient (Wildman–Crippen LogP) is 2.67. The summed E-state index contributed by atoms with van der Waals surface area (Å²) in [6.45, 7) is 4.88. The van der Waals surface area contributed by atoms with Crippen molar-refractivity contribution in [3.8, 4) is 0 Å². The molecule has 0 bridgehead atoms. The van der Waals surface area contributed by atoms with Gasteiger partial charge in [-0.25, -0.2) is 0 Å². The first-order valence-corrected chi connectivity index (χ1v) is 7.69. The number of rotatable bonds is 4. The van der Waals surface area contributed by atoms with E-state index in [1.54, 1.807) is 0 Å². The number of benzene rings is 1. The molecule has 1 saturated carbocycles. The molecule has 0 saturated heterocycles. The van der Waals surface area contributed by atoms with Gasteiger partial charge in [-0.2, -0.15) is 0 Å². The monoisotopic (exact) mass is 274 g/mol. The van der Waals surface area contributed by atoms with E-state index >= 15 is 0 Å². The van der Waals surface area contributed by atoms with E-state index in [2.05, 4.69) is 19.2 Å². The summed E-state index contributed by atoms with van der Waals surface area (Å²) in [5, 5.41) is 3.23. The second-order valence-electron chi connectivity index (χ2n) is 6.08. The lowest BCUT2D eigenvalue weighted by atomic mass is 9.78. The predicted molar refractivity (Wildman–Crippen MR) is 82.3 cm³/mol. The number of carbonyl (C=O) groups is 1. The quantitative estimate of drug-likeness (QED) is 0.887. The summed E-state index contributed by atoms with van der Waals surface area (Å²) in [4.78, 5) is 12.5. The Labute approximate surface area is 121 Å². The highest BCUT2D eigenvalue weighted by Crippen LogP contribution is 2.30. The van der Waals surface area contributed by atoms with Crippen molar-refractivity contribution in [2.75, 3.05) is 6.54 Å². The highest BCUT2D eigenvalue weighted by atomic mass is 16.2. The van der Waals surface area contributed by atoms with Crippen LogP contribution in [0.4, 0.5) is 0 Å². The van der Waals surface area contributed by atoms with Crippen LogP contribution in [0.15, 0.2) is 30.3 Å². The van der Waals surface area contributed by atoms with Crippen molar-refractivity contribution in [1.29, 1.82) is 0 Å². The Morgan fingerprint density at radius 1 is 1.30 bits per heavy atom. The zero-order valence-electron chi connectivity index (χ0n) is 12.5. The van der Waals surface area contributed by atoms with E-state index in [1.165, 1.54) is 12.8 Å². The molecular formula is C17H26N2O. The zero-order valence-corrected chi connectivity index (χ0v) is 12.5. The van der Waals surface area contributed by atoms with Crippen molar-refractivity contribution in [3.05, 3.63) is 35.9 Å². The Balaban J connectivity index is 2.03. The molecule has 1 aromatic rings. The molecule has 3 nitrogen and oxygen atoms in total. The Morgan fingerprint density at radius 3 is 2.65 bits per heavy atom. The van der Waals surface area contributed by atoms with Crippen LogP contribution in [0.25, 0.3) is 0 Å². The number of hydrogen-bond acceptors (Lipinski definition) is 2. The first kappa shape index (κ1) is 15.0. The molecule has 20 heavy (non-hydrogen) atoms. The Kier molecular flexibility index (Phi) is 5.18. The molecule has 4 unspecified atom stereocenters. The van der Waals surface area contributed by atoms with Crippen molar-refractivity contribution >= 4 is 5.91 Å². The van der Waals surface area contributed by atoms with Gasteiger partial charge in [0.25, 0.3) is 0 Å². The van der Waals surface area contributed by atoms with Gasteiger partial charge in [-0.1, -0.05) is 57.0 Å². The van der Waals surface area contributed by atoms with E-state index in [0.29, 0.717) is 24.4 Å². The van der Waals surface area contributed by atoms with Crippen LogP contribution in [-0.4, -0.2) is 18.5 Å². The first-order chi connectivity index (χ1) is 9.63. The smallest absolute Gasteiger partial charge is 0.229 e. The highest BCUT2D eigenvalue weighted by Gasteiger charge is 2.30. The van der Waals surface area contributed by atoms with Crippen LogP contribution in [0, 0.1) is 11.8 Å². The van der Waals surface area contributed by atoms with Crippen LogP contribution in [0.1, 0.15) is 44.6 Å². The average Bonchev–Trinajstić information content (AvgIpc) is 2.46. The van der Waals surface area contributed by atoms with E-state index in [-0.39, 0.29) is 11.8 Å². The maximum Gasteiger partial charge on any atom is 0.229 e. The minimum atomic E-state index is -0.236. The van der Waals surface area contributed by atoms with Gasteiger partial charge in [-0.05, 0) is 23.8 Å². The summed E-state index contributed by atoms with van der Waals surface area (Å²) in [6, 6.07) is 10.1. The van der Waals surface area contributed by atoms with Gasteiger partial charge in [0.2, 0.25) is 5.91 Å². The third-order valence-electron chi connectivity index (χ3n) is 4.79. The van der Waals surface area contributed by atoms with E-state index < -0.39 is 0 Å². The number of amides is 1. The van der Waals surface area contributed by atoms with Crippen LogP contribution in [-0.2, 0) is 4.79 Å². The average molecular weight is 274 g/mol. The Bertz CT molecular complexity index is 432. The summed E-state index contributed by atoms with van der Waals surface area (Å²) >= 11 is 0. The third kappa shape index (κ3) is 3.40. The minimum absolute atomic E-state index is 0.0738. The maximum atomic E-state index is 12.5. The minimum Gasteiger partial charge on any atom is -0.353 e. The first-order valence-electron chi connectivity index (χ1n) is 7.69. The normalized spacial score (nSPS) is 27.9. The van der Waals surface area contributed by atoms with Crippen molar-refractivity contribution in [3.63, 3.8) is 0 Å². The molecular weight excluding hydrogens is 248 g/mol. The van der Waals surface area contributed by atoms with Gasteiger partial charge < -0.3 is 11.1 Å². The fourth-order valence-electron chi connectivity index (χ4n) is 3.15. The molecule has 1 fully saturated rings. The number of carbonyl (C=O) groups excluding carboxylic acids is 1. The molecule has 1 aromatic carbocycles. The van der Waals surface area contributed by atoms with Crippen LogP contribution >= 0.6 is 0 Å². The second-order valence-corrected chi connectivity index (χ2v) is 6.08. The largest absolute Gasteiger partial charge is 0.353 e. The van der Waals surface area contributed by atoms with Crippen LogP contribution in [0.3, 0.4) is 0 Å². The van der Waals surface area contributed by atoms with E-state index in [9.17, 15) is 4.79 Å². The van der Waals surface area contributed by atoms with Gasteiger partial charge in [0.05, 0.1) is 5.92 Å². The van der Waals surface area contributed by atoms with Gasteiger partial charge in [-0.3, -0.25) is 4.79 Å². The lowest BCUT2D eigenvalue weighted by Crippen LogP contribution is -2.46. The van der Waals surface area contributed by atoms with Gasteiger partial charge in [0.1, 0.15) is 0 Å². The van der Waals surface area contributed by atoms with E-state index in [1.807, 2.05) is 30.3 Å². The molecule has 0 spiro atoms. The fraction of sp³-hybridized carbons (Fsp3) is 0.588. The van der Waals surface area contributed by atoms with Crippen LogP contribution in [0.5, 0.6) is 0 Å². The summed E-state index contributed by atoms with van der Waals surface area (Å²) in [6.07, 6.45) is 3.56. The topological polar surface area (TPSA) is 55.1 Å². The van der Waals surface area contributed by atoms with E-state index in [0.717, 1.165) is 12.0 Å². The molecule has 0 radical (unpaired) electrons. The second kappa shape index (κ2) is 6.89. The van der Waals surface area contributed by atoms with Crippen molar-refractivity contribution < 1.29 is 4.79 Å². The van der Waals surface area contributed by atoms with Gasteiger partial charge >= 0.3 is 0 Å². The molecule has 2 rings (SSSR count). The maximum absolute atomic E-state index is 12.5. The van der Waals surface area contributed by atoms with Crippen molar-refractivity contribution in [2.45, 2.75) is 45.1 Å². The standard InChI is InChI=1S/C17H26N2O/c1-12-7-6-10-16(13(12)2)19-17(20)15(11-18)14-8-4-3-5-9-14/h3-5,8-9,12-13,15-16H,6-7,10-11,18H2,1-2H3,(H,19,20). The summed E-state index contributed by atoms with van der Waals surface area (Å²) in [5.74, 6) is 1.06. The molecule has 3 heteroatoms. The zero-order chi connectivity index (χ0) is 14.5. The molecule has 4 atom stereocenters. The number of hydrogen-bond donors (Lipinski definition) is 2. The molecule has 0 heterocycles. The number of nitrogens with one attached hydrogen (secondary N) is 1. The summed E-state index contributed by atoms with van der Waals surface area (Å²) in [5.41, 5.74) is 6.82. The van der Waals surface area contributed by atoms with Crippen LogP contribution in [0.2, 0.25) is 0 Å². The summed E-state index contributed by atoms with van der Waals surface area (Å²) in [7, 11) is 0. The molecule has 3 N–H and O–H groups in total. The molecule has 0 aliphatic heterocycles. The lowest BCUT2D eigenvalue weighted by molar-refractivity contribution is -0.123. The molecule has 1 amide bonds. The SMILES string of the molecule is CC1CCCC(NC(=O)C(CN)c2ccccc2)C1C. The number of nitrogens with two attached hydrogens (primary N) is 1. The molecule has 1 aliphatic rings. The highest BCUT2D eigenvalue weighted by molar-refractivity contribution is 5.84. The van der Waals surface area contributed by atoms with Gasteiger partial charge in [0.15, 0.2) is 0 Å². The Hall–Kier alpha value is -1.35. The molecule has 110 valence electrons. The third-order valence-corrected chi connectivity index (χ3v) is 4.79. The van der Waals surface area contributed by atoms with Crippen molar-refractivity contribution in [1.82, 2.24) is 5.32 Å². The molecule has 0 aromatic heterocycles. The van der Waals surface area contributed by atoms with E-state index in [4.69, 9.17) is 5.73 Å². The Morgan fingerprint density at radius 2 is 2.00 bits per heavy atom. The van der Waals surface area contributed by atoms with Gasteiger partial charge in [-0.15, -0.1) is 0 Å². The summed E-state index contributed by atoms with van der Waals surface area (Å²) < 4.78 is 0. The van der Waals surface area contributed by atoms with Gasteiger partial charge in [0, 0.05) is 12.6 Å². The van der Waals surface area contributed by atoms with Crippen LogP contribution < -0.4 is 11.1 Å².